The lowest BCUT2D eigenvalue weighted by Crippen LogP contribution is -2.28. The number of rotatable bonds is 5. The first-order valence-electron chi connectivity index (χ1n) is 5.30. The van der Waals surface area contributed by atoms with Crippen molar-refractivity contribution in [2.45, 2.75) is 41.0 Å². The van der Waals surface area contributed by atoms with Gasteiger partial charge in [0, 0.05) is 0 Å². The molecule has 2 heteroatoms. The van der Waals surface area contributed by atoms with Crippen LogP contribution in [-0.2, 0) is 9.53 Å². The third kappa shape index (κ3) is 3.95. The van der Waals surface area contributed by atoms with Crippen LogP contribution in [0.4, 0.5) is 0 Å². The van der Waals surface area contributed by atoms with E-state index in [1.165, 1.54) is 0 Å². The molecule has 14 heavy (non-hydrogen) atoms. The Morgan fingerprint density at radius 2 is 2.00 bits per heavy atom. The number of carbonyl (C=O) groups is 1. The molecule has 0 rings (SSSR count). The van der Waals surface area contributed by atoms with Crippen LogP contribution in [0.3, 0.4) is 0 Å². The molecule has 0 aromatic carbocycles. The van der Waals surface area contributed by atoms with Crippen molar-refractivity contribution in [2.24, 2.45) is 11.3 Å². The van der Waals surface area contributed by atoms with E-state index in [1.54, 1.807) is 0 Å². The van der Waals surface area contributed by atoms with Gasteiger partial charge in [-0.2, -0.15) is 0 Å². The Balaban J connectivity index is 4.40. The van der Waals surface area contributed by atoms with Crippen molar-refractivity contribution in [3.05, 3.63) is 12.2 Å². The van der Waals surface area contributed by atoms with E-state index in [1.807, 2.05) is 13.8 Å². The van der Waals surface area contributed by atoms with Gasteiger partial charge in [0.1, 0.15) is 0 Å². The normalized spacial score (nSPS) is 14.4. The lowest BCUT2D eigenvalue weighted by Gasteiger charge is -2.26. The number of carbonyl (C=O) groups excluding carboxylic acids is 1. The second-order valence-corrected chi connectivity index (χ2v) is 4.11. The average Bonchev–Trinajstić information content (AvgIpc) is 2.14. The zero-order valence-electron chi connectivity index (χ0n) is 9.96. The first-order valence-corrected chi connectivity index (χ1v) is 5.30. The number of ether oxygens (including phenoxy) is 1. The molecule has 0 N–H and O–H groups in total. The van der Waals surface area contributed by atoms with E-state index in [0.29, 0.717) is 6.61 Å². The molecular formula is C12H22O2. The minimum atomic E-state index is -0.123. The van der Waals surface area contributed by atoms with E-state index in [9.17, 15) is 4.79 Å². The largest absolute Gasteiger partial charge is 0.466 e. The Kier molecular flexibility index (Phi) is 5.51. The Morgan fingerprint density at radius 3 is 2.43 bits per heavy atom. The zero-order valence-corrected chi connectivity index (χ0v) is 9.96. The SMILES string of the molecule is CCC=CC(C)(C)C(C)C(=O)OCC. The van der Waals surface area contributed by atoms with E-state index < -0.39 is 0 Å². The summed E-state index contributed by atoms with van der Waals surface area (Å²) in [5.74, 6) is -0.205. The van der Waals surface area contributed by atoms with Gasteiger partial charge in [-0.1, -0.05) is 39.8 Å². The molecule has 1 unspecified atom stereocenters. The van der Waals surface area contributed by atoms with Crippen molar-refractivity contribution in [1.29, 1.82) is 0 Å². The second-order valence-electron chi connectivity index (χ2n) is 4.11. The van der Waals surface area contributed by atoms with E-state index in [0.717, 1.165) is 6.42 Å². The smallest absolute Gasteiger partial charge is 0.309 e. The van der Waals surface area contributed by atoms with Crippen LogP contribution < -0.4 is 0 Å². The fourth-order valence-corrected chi connectivity index (χ4v) is 1.14. The number of esters is 1. The van der Waals surface area contributed by atoms with Crippen molar-refractivity contribution >= 4 is 5.97 Å². The Labute approximate surface area is 87.3 Å². The van der Waals surface area contributed by atoms with Crippen LogP contribution in [0.25, 0.3) is 0 Å². The molecule has 0 aliphatic rings. The minimum Gasteiger partial charge on any atom is -0.466 e. The molecule has 0 saturated heterocycles. The lowest BCUT2D eigenvalue weighted by molar-refractivity contribution is -0.150. The van der Waals surface area contributed by atoms with Gasteiger partial charge in [0.05, 0.1) is 12.5 Å². The van der Waals surface area contributed by atoms with Crippen LogP contribution in [-0.4, -0.2) is 12.6 Å². The van der Waals surface area contributed by atoms with Crippen LogP contribution in [0.5, 0.6) is 0 Å². The van der Waals surface area contributed by atoms with E-state index in [4.69, 9.17) is 4.74 Å². The molecule has 1 atom stereocenters. The summed E-state index contributed by atoms with van der Waals surface area (Å²) in [6.45, 7) is 10.4. The number of hydrogen-bond donors (Lipinski definition) is 0. The summed E-state index contributed by atoms with van der Waals surface area (Å²) < 4.78 is 5.00. The summed E-state index contributed by atoms with van der Waals surface area (Å²) >= 11 is 0. The van der Waals surface area contributed by atoms with Crippen LogP contribution in [0.1, 0.15) is 41.0 Å². The summed E-state index contributed by atoms with van der Waals surface area (Å²) in [6, 6.07) is 0. The van der Waals surface area contributed by atoms with Gasteiger partial charge in [0.2, 0.25) is 0 Å². The van der Waals surface area contributed by atoms with E-state index in [2.05, 4.69) is 32.9 Å². The van der Waals surface area contributed by atoms with Gasteiger partial charge in [-0.25, -0.2) is 0 Å². The van der Waals surface area contributed by atoms with Crippen LogP contribution >= 0.6 is 0 Å². The average molecular weight is 198 g/mol. The van der Waals surface area contributed by atoms with Gasteiger partial charge < -0.3 is 4.74 Å². The van der Waals surface area contributed by atoms with Gasteiger partial charge in [0.25, 0.3) is 0 Å². The molecule has 0 aliphatic carbocycles. The molecule has 0 aromatic heterocycles. The Morgan fingerprint density at radius 1 is 1.43 bits per heavy atom. The van der Waals surface area contributed by atoms with Crippen molar-refractivity contribution in [3.8, 4) is 0 Å². The summed E-state index contributed by atoms with van der Waals surface area (Å²) in [5.41, 5.74) is -0.123. The molecule has 0 fully saturated rings. The molecule has 82 valence electrons. The molecule has 2 nitrogen and oxygen atoms in total. The standard InChI is InChI=1S/C12H22O2/c1-6-8-9-12(4,5)10(3)11(13)14-7-2/h8-10H,6-7H2,1-5H3. The molecule has 0 radical (unpaired) electrons. The Bertz CT molecular complexity index is 204. The first kappa shape index (κ1) is 13.2. The predicted octanol–water partition coefficient (Wildman–Crippen LogP) is 3.18. The van der Waals surface area contributed by atoms with Crippen molar-refractivity contribution < 1.29 is 9.53 Å². The van der Waals surface area contributed by atoms with Gasteiger partial charge >= 0.3 is 5.97 Å². The third-order valence-electron chi connectivity index (χ3n) is 2.54. The summed E-state index contributed by atoms with van der Waals surface area (Å²) in [5, 5.41) is 0. The maximum atomic E-state index is 11.5. The fourth-order valence-electron chi connectivity index (χ4n) is 1.14. The molecule has 0 bridgehead atoms. The lowest BCUT2D eigenvalue weighted by atomic mass is 9.79. The molecular weight excluding hydrogens is 176 g/mol. The van der Waals surface area contributed by atoms with Crippen LogP contribution in [0.15, 0.2) is 12.2 Å². The minimum absolute atomic E-state index is 0.0924. The number of allylic oxidation sites excluding steroid dienone is 2. The maximum Gasteiger partial charge on any atom is 0.309 e. The van der Waals surface area contributed by atoms with Gasteiger partial charge in [-0.05, 0) is 18.8 Å². The summed E-state index contributed by atoms with van der Waals surface area (Å²) in [6.07, 6.45) is 5.18. The monoisotopic (exact) mass is 198 g/mol. The highest BCUT2D eigenvalue weighted by Gasteiger charge is 2.29. The third-order valence-corrected chi connectivity index (χ3v) is 2.54. The maximum absolute atomic E-state index is 11.5. The number of hydrogen-bond acceptors (Lipinski definition) is 2. The molecule has 0 aliphatic heterocycles. The summed E-state index contributed by atoms with van der Waals surface area (Å²) in [4.78, 5) is 11.5. The zero-order chi connectivity index (χ0) is 11.2. The highest BCUT2D eigenvalue weighted by molar-refractivity contribution is 5.73. The predicted molar refractivity (Wildman–Crippen MR) is 59.0 cm³/mol. The fraction of sp³-hybridized carbons (Fsp3) is 0.750. The van der Waals surface area contributed by atoms with E-state index >= 15 is 0 Å². The van der Waals surface area contributed by atoms with Gasteiger partial charge in [-0.3, -0.25) is 4.79 Å². The van der Waals surface area contributed by atoms with Crippen molar-refractivity contribution in [2.75, 3.05) is 6.61 Å². The first-order chi connectivity index (χ1) is 6.45. The Hall–Kier alpha value is -0.790. The molecule has 0 amide bonds. The highest BCUT2D eigenvalue weighted by atomic mass is 16.5. The van der Waals surface area contributed by atoms with Crippen molar-refractivity contribution in [1.82, 2.24) is 0 Å². The molecule has 0 spiro atoms. The van der Waals surface area contributed by atoms with Crippen molar-refractivity contribution in [3.63, 3.8) is 0 Å². The van der Waals surface area contributed by atoms with Gasteiger partial charge in [-0.15, -0.1) is 0 Å². The topological polar surface area (TPSA) is 26.3 Å². The second kappa shape index (κ2) is 5.84. The quantitative estimate of drug-likeness (QED) is 0.501. The molecule has 0 heterocycles. The van der Waals surface area contributed by atoms with Crippen LogP contribution in [0.2, 0.25) is 0 Å². The van der Waals surface area contributed by atoms with Gasteiger partial charge in [0.15, 0.2) is 0 Å². The summed E-state index contributed by atoms with van der Waals surface area (Å²) in [7, 11) is 0. The van der Waals surface area contributed by atoms with Crippen LogP contribution in [0, 0.1) is 11.3 Å². The highest BCUT2D eigenvalue weighted by Crippen LogP contribution is 2.29. The molecule has 0 saturated carbocycles. The van der Waals surface area contributed by atoms with E-state index in [-0.39, 0.29) is 17.3 Å². The molecule has 0 aromatic rings.